The van der Waals surface area contributed by atoms with Crippen LogP contribution in [0.25, 0.3) is 0 Å². The molecule has 1 atom stereocenters. The van der Waals surface area contributed by atoms with Gasteiger partial charge in [0.1, 0.15) is 5.78 Å². The minimum Gasteiger partial charge on any atom is -0.468 e. The van der Waals surface area contributed by atoms with Crippen molar-refractivity contribution in [3.63, 3.8) is 0 Å². The number of hydrogen-bond acceptors (Lipinski definition) is 6. The first-order valence-corrected chi connectivity index (χ1v) is 9.39. The largest absolute Gasteiger partial charge is 0.468 e. The number of carbonyl (C=O) groups is 3. The molecule has 0 spiro atoms. The molecule has 6 nitrogen and oxygen atoms in total. The van der Waals surface area contributed by atoms with Crippen LogP contribution in [0.15, 0.2) is 29.3 Å². The summed E-state index contributed by atoms with van der Waals surface area (Å²) in [7, 11) is 1.22. The molecule has 0 saturated carbocycles. The van der Waals surface area contributed by atoms with Crippen molar-refractivity contribution in [2.24, 2.45) is 10.9 Å². The van der Waals surface area contributed by atoms with E-state index in [1.807, 2.05) is 0 Å². The van der Waals surface area contributed by atoms with Crippen LogP contribution in [0.4, 0.5) is 5.69 Å². The van der Waals surface area contributed by atoms with Crippen molar-refractivity contribution in [3.05, 3.63) is 29.8 Å². The van der Waals surface area contributed by atoms with E-state index in [9.17, 15) is 14.4 Å². The average Bonchev–Trinajstić information content (AvgIpc) is 2.67. The Morgan fingerprint density at radius 1 is 1.04 bits per heavy atom. The van der Waals surface area contributed by atoms with Crippen LogP contribution in [0.1, 0.15) is 62.7 Å². The number of benzene rings is 1. The first-order valence-electron chi connectivity index (χ1n) is 9.39. The summed E-state index contributed by atoms with van der Waals surface area (Å²) in [6.07, 6.45) is 8.06. The second kappa shape index (κ2) is 12.8. The smallest absolute Gasteiger partial charge is 0.338 e. The Kier molecular flexibility index (Phi) is 10.7. The van der Waals surface area contributed by atoms with E-state index < -0.39 is 11.9 Å². The van der Waals surface area contributed by atoms with Gasteiger partial charge in [-0.25, -0.2) is 4.79 Å². The minimum atomic E-state index is -1.03. The Labute approximate surface area is 161 Å². The van der Waals surface area contributed by atoms with Gasteiger partial charge >= 0.3 is 11.9 Å². The molecule has 0 N–H and O–H groups in total. The molecule has 0 bridgehead atoms. The molecule has 6 heteroatoms. The molecular weight excluding hydrogens is 346 g/mol. The van der Waals surface area contributed by atoms with Crippen LogP contribution in [0.3, 0.4) is 0 Å². The van der Waals surface area contributed by atoms with Crippen molar-refractivity contribution in [3.8, 4) is 0 Å². The Hall–Kier alpha value is -2.50. The van der Waals surface area contributed by atoms with Crippen molar-refractivity contribution < 1.29 is 23.9 Å². The van der Waals surface area contributed by atoms with Crippen LogP contribution in [-0.2, 0) is 19.1 Å². The summed E-state index contributed by atoms with van der Waals surface area (Å²) < 4.78 is 9.84. The maximum atomic E-state index is 12.0. The fourth-order valence-electron chi connectivity index (χ4n) is 2.43. The van der Waals surface area contributed by atoms with Crippen LogP contribution in [0.5, 0.6) is 0 Å². The zero-order valence-corrected chi connectivity index (χ0v) is 16.4. The SMILES string of the molecule is CCCCCCCCOC(=O)c1ccc(N=CC(C(C)=O)C(=O)OC)cc1. The molecule has 0 amide bonds. The number of Topliss-reactive ketones (excluding diaryl/α,β-unsaturated/α-hetero) is 1. The summed E-state index contributed by atoms with van der Waals surface area (Å²) in [4.78, 5) is 39.1. The lowest BCUT2D eigenvalue weighted by Crippen LogP contribution is -2.24. The molecule has 1 unspecified atom stereocenters. The van der Waals surface area contributed by atoms with Crippen LogP contribution in [-0.4, -0.2) is 37.7 Å². The van der Waals surface area contributed by atoms with Gasteiger partial charge in [0.25, 0.3) is 0 Å². The van der Waals surface area contributed by atoms with Gasteiger partial charge in [-0.3, -0.25) is 14.6 Å². The van der Waals surface area contributed by atoms with Crippen molar-refractivity contribution in [1.29, 1.82) is 0 Å². The van der Waals surface area contributed by atoms with Gasteiger partial charge in [-0.1, -0.05) is 39.0 Å². The highest BCUT2D eigenvalue weighted by molar-refractivity contribution is 6.11. The van der Waals surface area contributed by atoms with Crippen molar-refractivity contribution in [2.45, 2.75) is 52.4 Å². The average molecular weight is 375 g/mol. The lowest BCUT2D eigenvalue weighted by atomic mass is 10.1. The molecule has 1 aromatic carbocycles. The maximum absolute atomic E-state index is 12.0. The lowest BCUT2D eigenvalue weighted by molar-refractivity contribution is -0.145. The first-order chi connectivity index (χ1) is 13.0. The number of hydrogen-bond donors (Lipinski definition) is 0. The van der Waals surface area contributed by atoms with E-state index in [0.717, 1.165) is 12.8 Å². The number of carbonyl (C=O) groups excluding carboxylic acids is 3. The van der Waals surface area contributed by atoms with Gasteiger partial charge in [-0.05, 0) is 37.6 Å². The summed E-state index contributed by atoms with van der Waals surface area (Å²) in [6, 6.07) is 6.48. The zero-order valence-electron chi connectivity index (χ0n) is 16.4. The highest BCUT2D eigenvalue weighted by atomic mass is 16.5. The van der Waals surface area contributed by atoms with Gasteiger partial charge in [0.2, 0.25) is 0 Å². The van der Waals surface area contributed by atoms with E-state index in [4.69, 9.17) is 4.74 Å². The molecule has 0 aromatic heterocycles. The molecular formula is C21H29NO5. The molecule has 1 aromatic rings. The molecule has 148 valence electrons. The molecule has 0 heterocycles. The van der Waals surface area contributed by atoms with Crippen molar-refractivity contribution in [2.75, 3.05) is 13.7 Å². The quantitative estimate of drug-likeness (QED) is 0.236. The third kappa shape index (κ3) is 8.62. The molecule has 0 fully saturated rings. The summed E-state index contributed by atoms with van der Waals surface area (Å²) in [6.45, 7) is 3.90. The van der Waals surface area contributed by atoms with Gasteiger partial charge in [0.15, 0.2) is 5.92 Å². The summed E-state index contributed by atoms with van der Waals surface area (Å²) in [5.41, 5.74) is 0.966. The molecule has 0 aliphatic rings. The van der Waals surface area contributed by atoms with Gasteiger partial charge in [0, 0.05) is 6.21 Å². The van der Waals surface area contributed by atoms with E-state index in [-0.39, 0.29) is 11.8 Å². The number of ketones is 1. The van der Waals surface area contributed by atoms with Gasteiger partial charge in [-0.2, -0.15) is 0 Å². The predicted octanol–water partition coefficient (Wildman–Crippen LogP) is 4.28. The number of methoxy groups -OCH3 is 1. The monoisotopic (exact) mass is 375 g/mol. The molecule has 0 aliphatic carbocycles. The summed E-state index contributed by atoms with van der Waals surface area (Å²) in [5, 5.41) is 0. The predicted molar refractivity (Wildman–Crippen MR) is 104 cm³/mol. The van der Waals surface area contributed by atoms with Crippen LogP contribution >= 0.6 is 0 Å². The number of nitrogens with zero attached hydrogens (tertiary/aromatic N) is 1. The van der Waals surface area contributed by atoms with Gasteiger partial charge < -0.3 is 9.47 Å². The van der Waals surface area contributed by atoms with E-state index in [1.54, 1.807) is 24.3 Å². The first kappa shape index (κ1) is 22.5. The van der Waals surface area contributed by atoms with Crippen molar-refractivity contribution in [1.82, 2.24) is 0 Å². The Bertz CT molecular complexity index is 636. The van der Waals surface area contributed by atoms with Gasteiger partial charge in [0.05, 0.1) is 25.0 Å². The van der Waals surface area contributed by atoms with Crippen molar-refractivity contribution >= 4 is 29.6 Å². The second-order valence-electron chi connectivity index (χ2n) is 6.34. The minimum absolute atomic E-state index is 0.347. The molecule has 27 heavy (non-hydrogen) atoms. The fourth-order valence-corrected chi connectivity index (χ4v) is 2.43. The van der Waals surface area contributed by atoms with E-state index in [1.165, 1.54) is 45.9 Å². The maximum Gasteiger partial charge on any atom is 0.338 e. The second-order valence-corrected chi connectivity index (χ2v) is 6.34. The number of esters is 2. The highest BCUT2D eigenvalue weighted by Crippen LogP contribution is 2.15. The third-order valence-corrected chi connectivity index (χ3v) is 4.10. The van der Waals surface area contributed by atoms with E-state index in [0.29, 0.717) is 17.9 Å². The standard InChI is InChI=1S/C21H29NO5/c1-4-5-6-7-8-9-14-27-20(24)17-10-12-18(13-11-17)22-15-19(16(2)23)21(25)26-3/h10-13,15,19H,4-9,14H2,1-3H3. The summed E-state index contributed by atoms with van der Waals surface area (Å²) >= 11 is 0. The number of unbranched alkanes of at least 4 members (excludes halogenated alkanes) is 5. The third-order valence-electron chi connectivity index (χ3n) is 4.10. The van der Waals surface area contributed by atoms with Crippen LogP contribution in [0.2, 0.25) is 0 Å². The Balaban J connectivity index is 2.48. The topological polar surface area (TPSA) is 82.0 Å². The van der Waals surface area contributed by atoms with E-state index in [2.05, 4.69) is 16.7 Å². The normalized spacial score (nSPS) is 12.0. The fraction of sp³-hybridized carbons (Fsp3) is 0.524. The Morgan fingerprint density at radius 3 is 2.26 bits per heavy atom. The number of rotatable bonds is 12. The van der Waals surface area contributed by atoms with Gasteiger partial charge in [-0.15, -0.1) is 0 Å². The van der Waals surface area contributed by atoms with E-state index >= 15 is 0 Å². The summed E-state index contributed by atoms with van der Waals surface area (Å²) in [5.74, 6) is -2.39. The molecule has 1 rings (SSSR count). The molecule has 0 radical (unpaired) electrons. The molecule has 0 aliphatic heterocycles. The Morgan fingerprint density at radius 2 is 1.67 bits per heavy atom. The number of aliphatic imine (C=N–C) groups is 1. The number of ether oxygens (including phenoxy) is 2. The molecule has 0 saturated heterocycles. The van der Waals surface area contributed by atoms with Crippen LogP contribution in [0, 0.1) is 5.92 Å². The highest BCUT2D eigenvalue weighted by Gasteiger charge is 2.21. The van der Waals surface area contributed by atoms with Crippen LogP contribution < -0.4 is 0 Å². The lowest BCUT2D eigenvalue weighted by Gasteiger charge is -2.06. The zero-order chi connectivity index (χ0) is 20.1.